The summed E-state index contributed by atoms with van der Waals surface area (Å²) in [5.74, 6) is -3.66. The molecule has 1 aliphatic rings. The van der Waals surface area contributed by atoms with Crippen molar-refractivity contribution in [3.63, 3.8) is 0 Å². The molecule has 1 aliphatic heterocycles. The molecule has 0 radical (unpaired) electrons. The normalized spacial score (nSPS) is 30.9. The van der Waals surface area contributed by atoms with E-state index < -0.39 is 21.9 Å². The highest BCUT2D eigenvalue weighted by atomic mass is 32.2. The first-order chi connectivity index (χ1) is 6.35. The Balaban J connectivity index is 2.73. The molecule has 0 spiro atoms. The minimum atomic E-state index is -4.47. The van der Waals surface area contributed by atoms with Gasteiger partial charge in [0.1, 0.15) is 0 Å². The molecule has 2 unspecified atom stereocenters. The summed E-state index contributed by atoms with van der Waals surface area (Å²) in [6, 6.07) is 0. The van der Waals surface area contributed by atoms with Gasteiger partial charge in [0.2, 0.25) is 0 Å². The monoisotopic (exact) mass is 229 g/mol. The summed E-state index contributed by atoms with van der Waals surface area (Å²) >= 11 is 0. The fraction of sp³-hybridized carbons (Fsp3) is 1.00. The molecule has 0 aromatic carbocycles. The smallest absolute Gasteiger partial charge is 0.350 e. The number of rotatable bonds is 2. The summed E-state index contributed by atoms with van der Waals surface area (Å²) in [7, 11) is -4.47. The first-order valence-corrected chi connectivity index (χ1v) is 5.81. The Morgan fingerprint density at radius 3 is 2.50 bits per heavy atom. The van der Waals surface area contributed by atoms with E-state index in [1.807, 2.05) is 0 Å². The molecule has 0 saturated carbocycles. The van der Waals surface area contributed by atoms with Crippen LogP contribution < -0.4 is 0 Å². The fourth-order valence-electron chi connectivity index (χ4n) is 1.44. The van der Waals surface area contributed by atoms with Gasteiger partial charge >= 0.3 is 5.76 Å². The SMILES string of the molecule is CC1CN(S(=O)(=O)C(F)F)CCC1O. The van der Waals surface area contributed by atoms with Gasteiger partial charge in [-0.1, -0.05) is 6.92 Å². The molecule has 1 heterocycles. The lowest BCUT2D eigenvalue weighted by Gasteiger charge is -2.33. The van der Waals surface area contributed by atoms with Gasteiger partial charge in [0.15, 0.2) is 0 Å². The van der Waals surface area contributed by atoms with Gasteiger partial charge in [0.25, 0.3) is 10.0 Å². The molecule has 0 aromatic rings. The first kappa shape index (κ1) is 11.8. The van der Waals surface area contributed by atoms with Crippen LogP contribution in [0.2, 0.25) is 0 Å². The van der Waals surface area contributed by atoms with Crippen molar-refractivity contribution in [1.82, 2.24) is 4.31 Å². The number of hydrogen-bond acceptors (Lipinski definition) is 3. The Morgan fingerprint density at radius 1 is 1.50 bits per heavy atom. The number of aliphatic hydroxyl groups is 1. The van der Waals surface area contributed by atoms with Crippen LogP contribution >= 0.6 is 0 Å². The van der Waals surface area contributed by atoms with Crippen molar-refractivity contribution in [3.05, 3.63) is 0 Å². The molecule has 84 valence electrons. The Kier molecular flexibility index (Phi) is 3.44. The zero-order valence-electron chi connectivity index (χ0n) is 7.73. The van der Waals surface area contributed by atoms with Crippen molar-refractivity contribution in [2.24, 2.45) is 5.92 Å². The van der Waals surface area contributed by atoms with E-state index in [4.69, 9.17) is 0 Å². The lowest BCUT2D eigenvalue weighted by Crippen LogP contribution is -2.46. The minimum absolute atomic E-state index is 0.0296. The lowest BCUT2D eigenvalue weighted by atomic mass is 9.99. The van der Waals surface area contributed by atoms with Crippen LogP contribution in [0, 0.1) is 5.92 Å². The van der Waals surface area contributed by atoms with Gasteiger partial charge in [-0.15, -0.1) is 0 Å². The molecule has 0 bridgehead atoms. The van der Waals surface area contributed by atoms with E-state index in [-0.39, 0.29) is 25.4 Å². The molecule has 1 fully saturated rings. The Hall–Kier alpha value is -0.270. The predicted octanol–water partition coefficient (Wildman–Crippen LogP) is 0.242. The number of piperidine rings is 1. The molecule has 7 heteroatoms. The lowest BCUT2D eigenvalue weighted by molar-refractivity contribution is 0.0601. The Labute approximate surface area is 81.6 Å². The molecule has 1 rings (SSSR count). The highest BCUT2D eigenvalue weighted by Gasteiger charge is 2.36. The Morgan fingerprint density at radius 2 is 2.07 bits per heavy atom. The van der Waals surface area contributed by atoms with Crippen molar-refractivity contribution in [2.45, 2.75) is 25.2 Å². The van der Waals surface area contributed by atoms with E-state index in [2.05, 4.69) is 0 Å². The van der Waals surface area contributed by atoms with Gasteiger partial charge in [-0.3, -0.25) is 0 Å². The van der Waals surface area contributed by atoms with Crippen molar-refractivity contribution >= 4 is 10.0 Å². The quantitative estimate of drug-likeness (QED) is 0.738. The molecule has 1 saturated heterocycles. The standard InChI is InChI=1S/C7H13F2NO3S/c1-5-4-10(3-2-6(5)11)14(12,13)7(8)9/h5-7,11H,2-4H2,1H3. The van der Waals surface area contributed by atoms with Crippen LogP contribution in [0.3, 0.4) is 0 Å². The van der Waals surface area contributed by atoms with E-state index in [9.17, 15) is 22.3 Å². The number of nitrogens with zero attached hydrogens (tertiary/aromatic N) is 1. The van der Waals surface area contributed by atoms with Gasteiger partial charge in [-0.2, -0.15) is 13.1 Å². The third kappa shape index (κ3) is 2.21. The van der Waals surface area contributed by atoms with Crippen LogP contribution in [0.1, 0.15) is 13.3 Å². The molecular formula is C7H13F2NO3S. The average Bonchev–Trinajstić information content (AvgIpc) is 2.09. The maximum absolute atomic E-state index is 12.1. The van der Waals surface area contributed by atoms with Gasteiger partial charge in [-0.05, 0) is 12.3 Å². The Bertz CT molecular complexity index is 293. The topological polar surface area (TPSA) is 57.6 Å². The van der Waals surface area contributed by atoms with Crippen LogP contribution in [0.15, 0.2) is 0 Å². The van der Waals surface area contributed by atoms with Gasteiger partial charge in [0.05, 0.1) is 6.10 Å². The molecule has 0 amide bonds. The van der Waals surface area contributed by atoms with Crippen molar-refractivity contribution in [1.29, 1.82) is 0 Å². The summed E-state index contributed by atoms with van der Waals surface area (Å²) in [5, 5.41) is 9.29. The van der Waals surface area contributed by atoms with E-state index in [0.717, 1.165) is 4.31 Å². The second-order valence-corrected chi connectivity index (χ2v) is 5.40. The maximum Gasteiger partial charge on any atom is 0.350 e. The number of sulfonamides is 1. The van der Waals surface area contributed by atoms with Gasteiger partial charge < -0.3 is 5.11 Å². The first-order valence-electron chi connectivity index (χ1n) is 4.31. The summed E-state index contributed by atoms with van der Waals surface area (Å²) < 4.78 is 47.1. The number of halogens is 2. The maximum atomic E-state index is 12.1. The third-order valence-corrected chi connectivity index (χ3v) is 3.91. The zero-order chi connectivity index (χ0) is 10.9. The second kappa shape index (κ2) is 4.08. The van der Waals surface area contributed by atoms with E-state index in [0.29, 0.717) is 0 Å². The van der Waals surface area contributed by atoms with Crippen LogP contribution in [-0.4, -0.2) is 42.8 Å². The molecule has 0 aliphatic carbocycles. The molecule has 4 nitrogen and oxygen atoms in total. The van der Waals surface area contributed by atoms with E-state index >= 15 is 0 Å². The van der Waals surface area contributed by atoms with Gasteiger partial charge in [0, 0.05) is 13.1 Å². The highest BCUT2D eigenvalue weighted by Crippen LogP contribution is 2.22. The van der Waals surface area contributed by atoms with Crippen LogP contribution in [0.4, 0.5) is 8.78 Å². The van der Waals surface area contributed by atoms with Crippen LogP contribution in [-0.2, 0) is 10.0 Å². The zero-order valence-corrected chi connectivity index (χ0v) is 8.54. The van der Waals surface area contributed by atoms with Crippen LogP contribution in [0.5, 0.6) is 0 Å². The van der Waals surface area contributed by atoms with Crippen molar-refractivity contribution in [2.75, 3.05) is 13.1 Å². The second-order valence-electron chi connectivity index (χ2n) is 3.50. The summed E-state index contributed by atoms with van der Waals surface area (Å²) in [4.78, 5) is 0. The van der Waals surface area contributed by atoms with E-state index in [1.165, 1.54) is 0 Å². The fourth-order valence-corrected chi connectivity index (χ4v) is 2.47. The molecule has 2 atom stereocenters. The predicted molar refractivity (Wildman–Crippen MR) is 46.3 cm³/mol. The molecule has 1 N–H and O–H groups in total. The number of hydrogen-bond donors (Lipinski definition) is 1. The minimum Gasteiger partial charge on any atom is -0.393 e. The highest BCUT2D eigenvalue weighted by molar-refractivity contribution is 7.89. The molecule has 0 aromatic heterocycles. The number of aliphatic hydroxyl groups excluding tert-OH is 1. The average molecular weight is 229 g/mol. The largest absolute Gasteiger partial charge is 0.393 e. The molecule has 14 heavy (non-hydrogen) atoms. The van der Waals surface area contributed by atoms with Crippen molar-refractivity contribution < 1.29 is 22.3 Å². The summed E-state index contributed by atoms with van der Waals surface area (Å²) in [6.45, 7) is 1.57. The van der Waals surface area contributed by atoms with Crippen LogP contribution in [0.25, 0.3) is 0 Å². The summed E-state index contributed by atoms with van der Waals surface area (Å²) in [6.07, 6.45) is -0.383. The third-order valence-electron chi connectivity index (χ3n) is 2.41. The summed E-state index contributed by atoms with van der Waals surface area (Å²) in [5.41, 5.74) is 0. The molecular weight excluding hydrogens is 216 g/mol. The number of alkyl halides is 2. The van der Waals surface area contributed by atoms with Crippen molar-refractivity contribution in [3.8, 4) is 0 Å². The van der Waals surface area contributed by atoms with E-state index in [1.54, 1.807) is 6.92 Å². The van der Waals surface area contributed by atoms with Gasteiger partial charge in [-0.25, -0.2) is 8.42 Å².